The highest BCUT2D eigenvalue weighted by molar-refractivity contribution is 5.70. The second-order valence-corrected chi connectivity index (χ2v) is 6.16. The Labute approximate surface area is 126 Å². The van der Waals surface area contributed by atoms with E-state index in [4.69, 9.17) is 4.74 Å². The monoisotopic (exact) mass is 279 g/mol. The molecule has 3 heterocycles. The Morgan fingerprint density at radius 1 is 0.857 bits per heavy atom. The van der Waals surface area contributed by atoms with Gasteiger partial charge in [0.1, 0.15) is 11.9 Å². The van der Waals surface area contributed by atoms with E-state index < -0.39 is 0 Å². The average molecular weight is 279 g/mol. The van der Waals surface area contributed by atoms with E-state index >= 15 is 0 Å². The van der Waals surface area contributed by atoms with Crippen LogP contribution in [-0.2, 0) is 0 Å². The van der Waals surface area contributed by atoms with Crippen molar-refractivity contribution in [1.29, 1.82) is 0 Å². The number of hydrogen-bond donors (Lipinski definition) is 0. The number of piperidine rings is 3. The number of fused-ring (bicyclic) bond motifs is 3. The van der Waals surface area contributed by atoms with Crippen molar-refractivity contribution in [1.82, 2.24) is 4.90 Å². The molecule has 108 valence electrons. The fraction of sp³-hybridized carbons (Fsp3) is 0.368. The molecule has 2 nitrogen and oxygen atoms in total. The minimum atomic E-state index is 0.359. The van der Waals surface area contributed by atoms with Crippen LogP contribution in [0.3, 0.4) is 0 Å². The molecular formula is C19H21NO. The lowest BCUT2D eigenvalue weighted by Crippen LogP contribution is -2.52. The van der Waals surface area contributed by atoms with Crippen LogP contribution in [-0.4, -0.2) is 30.6 Å². The summed E-state index contributed by atoms with van der Waals surface area (Å²) in [5.41, 5.74) is 2.43. The predicted molar refractivity (Wildman–Crippen MR) is 85.5 cm³/mol. The molecule has 0 N–H and O–H groups in total. The quantitative estimate of drug-likeness (QED) is 0.846. The van der Waals surface area contributed by atoms with Crippen molar-refractivity contribution in [3.05, 3.63) is 54.6 Å². The van der Waals surface area contributed by atoms with Crippen LogP contribution in [0.4, 0.5) is 0 Å². The highest BCUT2D eigenvalue weighted by atomic mass is 16.5. The van der Waals surface area contributed by atoms with Crippen LogP contribution in [0.15, 0.2) is 54.6 Å². The van der Waals surface area contributed by atoms with Gasteiger partial charge in [-0.2, -0.15) is 0 Å². The molecule has 3 aliphatic rings. The van der Waals surface area contributed by atoms with Crippen LogP contribution >= 0.6 is 0 Å². The summed E-state index contributed by atoms with van der Waals surface area (Å²) < 4.78 is 6.43. The number of hydrogen-bond acceptors (Lipinski definition) is 2. The van der Waals surface area contributed by atoms with Gasteiger partial charge in [-0.05, 0) is 43.5 Å². The van der Waals surface area contributed by atoms with Gasteiger partial charge in [0.15, 0.2) is 0 Å². The van der Waals surface area contributed by atoms with Crippen LogP contribution in [0.2, 0.25) is 0 Å². The fourth-order valence-corrected chi connectivity index (χ4v) is 3.63. The summed E-state index contributed by atoms with van der Waals surface area (Å²) in [4.78, 5) is 2.54. The fourth-order valence-electron chi connectivity index (χ4n) is 3.63. The van der Waals surface area contributed by atoms with Gasteiger partial charge in [0, 0.05) is 12.1 Å². The van der Waals surface area contributed by atoms with Gasteiger partial charge in [0.25, 0.3) is 0 Å². The Morgan fingerprint density at radius 2 is 1.57 bits per heavy atom. The molecule has 0 aliphatic carbocycles. The minimum absolute atomic E-state index is 0.359. The van der Waals surface area contributed by atoms with Crippen molar-refractivity contribution in [3.63, 3.8) is 0 Å². The van der Waals surface area contributed by atoms with Gasteiger partial charge in [-0.1, -0.05) is 48.5 Å². The first kappa shape index (κ1) is 12.9. The Kier molecular flexibility index (Phi) is 3.40. The molecule has 3 aliphatic heterocycles. The van der Waals surface area contributed by atoms with Gasteiger partial charge in [0.2, 0.25) is 0 Å². The Bertz CT molecular complexity index is 602. The van der Waals surface area contributed by atoms with E-state index in [-0.39, 0.29) is 0 Å². The minimum Gasteiger partial charge on any atom is -0.488 e. The van der Waals surface area contributed by atoms with E-state index in [0.717, 1.165) is 18.2 Å². The molecule has 0 saturated carbocycles. The van der Waals surface area contributed by atoms with Crippen molar-refractivity contribution < 1.29 is 4.74 Å². The lowest BCUT2D eigenvalue weighted by Gasteiger charge is -2.44. The smallest absolute Gasteiger partial charge is 0.127 e. The van der Waals surface area contributed by atoms with Gasteiger partial charge in [-0.25, -0.2) is 0 Å². The average Bonchev–Trinajstić information content (AvgIpc) is 2.57. The normalized spacial score (nSPS) is 27.5. The van der Waals surface area contributed by atoms with Gasteiger partial charge >= 0.3 is 0 Å². The maximum Gasteiger partial charge on any atom is 0.127 e. The molecule has 3 saturated heterocycles. The van der Waals surface area contributed by atoms with Gasteiger partial charge < -0.3 is 4.74 Å². The molecular weight excluding hydrogens is 258 g/mol. The van der Waals surface area contributed by atoms with Crippen molar-refractivity contribution in [3.8, 4) is 16.9 Å². The Morgan fingerprint density at radius 3 is 2.29 bits per heavy atom. The third kappa shape index (κ3) is 2.56. The van der Waals surface area contributed by atoms with Crippen molar-refractivity contribution in [2.45, 2.75) is 18.9 Å². The molecule has 2 bridgehead atoms. The molecule has 0 amide bonds. The first-order valence-corrected chi connectivity index (χ1v) is 7.93. The van der Waals surface area contributed by atoms with Crippen LogP contribution in [0.25, 0.3) is 11.1 Å². The van der Waals surface area contributed by atoms with Crippen molar-refractivity contribution >= 4 is 0 Å². The van der Waals surface area contributed by atoms with Crippen molar-refractivity contribution in [2.24, 2.45) is 5.92 Å². The molecule has 2 aromatic rings. The number of ether oxygens (including phenoxy) is 1. The van der Waals surface area contributed by atoms with Gasteiger partial charge in [0.05, 0.1) is 0 Å². The maximum absolute atomic E-state index is 6.43. The SMILES string of the molecule is c1ccc(-c2ccccc2OC2CN3CCC2CC3)cc1. The summed E-state index contributed by atoms with van der Waals surface area (Å²) in [6, 6.07) is 19.0. The van der Waals surface area contributed by atoms with E-state index in [1.807, 2.05) is 0 Å². The number of para-hydroxylation sites is 1. The molecule has 1 unspecified atom stereocenters. The molecule has 3 fully saturated rings. The summed E-state index contributed by atoms with van der Waals surface area (Å²) in [5.74, 6) is 1.77. The molecule has 0 aromatic heterocycles. The van der Waals surface area contributed by atoms with E-state index in [1.165, 1.54) is 37.1 Å². The van der Waals surface area contributed by atoms with Crippen LogP contribution in [0.5, 0.6) is 5.75 Å². The number of nitrogens with zero attached hydrogens (tertiary/aromatic N) is 1. The van der Waals surface area contributed by atoms with Gasteiger partial charge in [-0.3, -0.25) is 4.90 Å². The summed E-state index contributed by atoms with van der Waals surface area (Å²) >= 11 is 0. The summed E-state index contributed by atoms with van der Waals surface area (Å²) in [5, 5.41) is 0. The van der Waals surface area contributed by atoms with E-state index in [2.05, 4.69) is 59.5 Å². The molecule has 1 atom stereocenters. The molecule has 2 heteroatoms. The summed E-state index contributed by atoms with van der Waals surface area (Å²) in [6.07, 6.45) is 2.94. The lowest BCUT2D eigenvalue weighted by molar-refractivity contribution is -0.00747. The largest absolute Gasteiger partial charge is 0.488 e. The van der Waals surface area contributed by atoms with Crippen LogP contribution in [0.1, 0.15) is 12.8 Å². The number of benzene rings is 2. The van der Waals surface area contributed by atoms with Gasteiger partial charge in [-0.15, -0.1) is 0 Å². The third-order valence-electron chi connectivity index (χ3n) is 4.85. The zero-order valence-corrected chi connectivity index (χ0v) is 12.2. The maximum atomic E-state index is 6.43. The van der Waals surface area contributed by atoms with E-state index in [1.54, 1.807) is 0 Å². The number of rotatable bonds is 3. The Balaban J connectivity index is 1.61. The second-order valence-electron chi connectivity index (χ2n) is 6.16. The van der Waals surface area contributed by atoms with Crippen LogP contribution in [0, 0.1) is 5.92 Å². The molecule has 0 spiro atoms. The second kappa shape index (κ2) is 5.53. The third-order valence-corrected chi connectivity index (χ3v) is 4.85. The highest BCUT2D eigenvalue weighted by Gasteiger charge is 2.35. The van der Waals surface area contributed by atoms with Crippen molar-refractivity contribution in [2.75, 3.05) is 19.6 Å². The topological polar surface area (TPSA) is 12.5 Å². The molecule has 0 radical (unpaired) electrons. The first-order valence-electron chi connectivity index (χ1n) is 7.93. The van der Waals surface area contributed by atoms with E-state index in [9.17, 15) is 0 Å². The molecule has 2 aromatic carbocycles. The summed E-state index contributed by atoms with van der Waals surface area (Å²) in [7, 11) is 0. The van der Waals surface area contributed by atoms with Crippen LogP contribution < -0.4 is 4.74 Å². The summed E-state index contributed by atoms with van der Waals surface area (Å²) in [6.45, 7) is 3.60. The predicted octanol–water partition coefficient (Wildman–Crippen LogP) is 3.83. The molecule has 5 rings (SSSR count). The highest BCUT2D eigenvalue weighted by Crippen LogP contribution is 2.35. The zero-order chi connectivity index (χ0) is 14.1. The first-order chi connectivity index (χ1) is 10.4. The Hall–Kier alpha value is -1.80. The molecule has 21 heavy (non-hydrogen) atoms. The lowest BCUT2D eigenvalue weighted by atomic mass is 9.86. The standard InChI is InChI=1S/C19H21NO/c1-2-6-15(7-3-1)17-8-4-5-9-18(17)21-19-14-20-12-10-16(19)11-13-20/h1-9,16,19H,10-14H2. The van der Waals surface area contributed by atoms with E-state index in [0.29, 0.717) is 6.10 Å². The zero-order valence-electron chi connectivity index (χ0n) is 12.2.